The molecule has 33 heavy (non-hydrogen) atoms. The second kappa shape index (κ2) is 9.95. The Morgan fingerprint density at radius 3 is 2.33 bits per heavy atom. The van der Waals surface area contributed by atoms with Gasteiger partial charge >= 0.3 is 0 Å². The molecule has 0 spiro atoms. The highest BCUT2D eigenvalue weighted by molar-refractivity contribution is 9.10. The molecule has 0 N–H and O–H groups in total. The zero-order valence-corrected chi connectivity index (χ0v) is 21.7. The van der Waals surface area contributed by atoms with Crippen LogP contribution in [0.5, 0.6) is 17.2 Å². The fourth-order valence-electron chi connectivity index (χ4n) is 3.24. The van der Waals surface area contributed by atoms with Crippen molar-refractivity contribution in [2.24, 2.45) is 5.10 Å². The Balaban J connectivity index is 2.15. The summed E-state index contributed by atoms with van der Waals surface area (Å²) in [7, 11) is 3.15. The van der Waals surface area contributed by atoms with Gasteiger partial charge in [-0.15, -0.1) is 0 Å². The fourth-order valence-corrected chi connectivity index (χ4v) is 3.60. The average Bonchev–Trinajstić information content (AvgIpc) is 2.78. The van der Waals surface area contributed by atoms with Crippen molar-refractivity contribution >= 4 is 33.0 Å². The van der Waals surface area contributed by atoms with Crippen LogP contribution >= 0.6 is 15.9 Å². The van der Waals surface area contributed by atoms with Gasteiger partial charge in [-0.05, 0) is 43.7 Å². The van der Waals surface area contributed by atoms with Gasteiger partial charge in [-0.3, -0.25) is 4.79 Å². The van der Waals surface area contributed by atoms with Gasteiger partial charge in [0.1, 0.15) is 5.82 Å². The Kier molecular flexibility index (Phi) is 7.47. The molecule has 1 atom stereocenters. The van der Waals surface area contributed by atoms with E-state index in [-0.39, 0.29) is 11.7 Å². The molecule has 0 saturated carbocycles. The summed E-state index contributed by atoms with van der Waals surface area (Å²) in [5.74, 6) is 2.16. The van der Waals surface area contributed by atoms with Crippen molar-refractivity contribution in [1.29, 1.82) is 0 Å². The summed E-state index contributed by atoms with van der Waals surface area (Å²) < 4.78 is 19.3. The molecule has 0 aliphatic rings. The minimum Gasteiger partial charge on any atom is -0.493 e. The molecule has 0 radical (unpaired) electrons. The van der Waals surface area contributed by atoms with Crippen LogP contribution in [0.15, 0.2) is 44.7 Å². The minimum absolute atomic E-state index is 0.00300. The zero-order chi connectivity index (χ0) is 24.3. The number of fused-ring (bicyclic) bond motifs is 1. The summed E-state index contributed by atoms with van der Waals surface area (Å²) >= 11 is 3.43. The molecule has 0 fully saturated rings. The normalized spacial score (nSPS) is 12.8. The van der Waals surface area contributed by atoms with Gasteiger partial charge in [-0.25, -0.2) is 4.98 Å². The SMILES string of the molecule is CC[C@H](C)Oc1c(OC)cc(C=Nn2c(C(C)(C)C)nc3ccc(Br)cc3c2=O)cc1OC. The van der Waals surface area contributed by atoms with Crippen LogP contribution in [0.3, 0.4) is 0 Å². The highest BCUT2D eigenvalue weighted by Gasteiger charge is 2.23. The molecule has 2 aromatic carbocycles. The van der Waals surface area contributed by atoms with Crippen molar-refractivity contribution < 1.29 is 14.2 Å². The summed E-state index contributed by atoms with van der Waals surface area (Å²) in [6.45, 7) is 10.0. The first-order chi connectivity index (χ1) is 15.6. The fraction of sp³-hybridized carbons (Fsp3) is 0.400. The molecule has 0 unspecified atom stereocenters. The van der Waals surface area contributed by atoms with E-state index in [2.05, 4.69) is 21.0 Å². The lowest BCUT2D eigenvalue weighted by Gasteiger charge is -2.21. The van der Waals surface area contributed by atoms with Gasteiger partial charge < -0.3 is 14.2 Å². The molecule has 3 aromatic rings. The second-order valence-corrected chi connectivity index (χ2v) is 9.72. The number of halogens is 1. The number of rotatable bonds is 7. The molecule has 1 aromatic heterocycles. The van der Waals surface area contributed by atoms with Crippen molar-refractivity contribution in [3.8, 4) is 17.2 Å². The van der Waals surface area contributed by atoms with E-state index >= 15 is 0 Å². The van der Waals surface area contributed by atoms with Crippen LogP contribution in [0.1, 0.15) is 52.4 Å². The number of hydrogen-bond acceptors (Lipinski definition) is 6. The molecule has 8 heteroatoms. The van der Waals surface area contributed by atoms with Crippen LogP contribution in [0, 0.1) is 0 Å². The summed E-state index contributed by atoms with van der Waals surface area (Å²) in [6.07, 6.45) is 2.45. The topological polar surface area (TPSA) is 74.9 Å². The molecule has 0 aliphatic heterocycles. The van der Waals surface area contributed by atoms with Crippen molar-refractivity contribution in [3.63, 3.8) is 0 Å². The van der Waals surface area contributed by atoms with Gasteiger partial charge in [0.15, 0.2) is 11.5 Å². The van der Waals surface area contributed by atoms with Crippen LogP contribution < -0.4 is 19.8 Å². The maximum atomic E-state index is 13.3. The molecule has 7 nitrogen and oxygen atoms in total. The Hall–Kier alpha value is -2.87. The molecule has 0 bridgehead atoms. The molecular formula is C25H30BrN3O4. The molecule has 1 heterocycles. The standard InChI is InChI=1S/C25H30BrN3O4/c1-8-15(2)33-22-20(31-6)11-16(12-21(22)32-7)14-27-29-23(30)18-13-17(26)9-10-19(18)28-24(29)25(3,4)5/h9-15H,8H2,1-7H3/t15-/m0/s1. The zero-order valence-electron chi connectivity index (χ0n) is 20.1. The first-order valence-corrected chi connectivity index (χ1v) is 11.6. The lowest BCUT2D eigenvalue weighted by atomic mass is 9.95. The van der Waals surface area contributed by atoms with Crippen LogP contribution in [-0.4, -0.2) is 36.2 Å². The number of ether oxygens (including phenoxy) is 3. The second-order valence-electron chi connectivity index (χ2n) is 8.80. The van der Waals surface area contributed by atoms with E-state index in [1.54, 1.807) is 38.6 Å². The number of methoxy groups -OCH3 is 2. The summed E-state index contributed by atoms with van der Waals surface area (Å²) in [6, 6.07) is 9.07. The summed E-state index contributed by atoms with van der Waals surface area (Å²) in [5.41, 5.74) is 0.690. The van der Waals surface area contributed by atoms with Crippen molar-refractivity contribution in [1.82, 2.24) is 9.66 Å². The quantitative estimate of drug-likeness (QED) is 0.386. The number of benzene rings is 2. The van der Waals surface area contributed by atoms with E-state index < -0.39 is 5.41 Å². The monoisotopic (exact) mass is 515 g/mol. The van der Waals surface area contributed by atoms with E-state index in [0.717, 1.165) is 10.9 Å². The molecule has 0 amide bonds. The number of aromatic nitrogens is 2. The Morgan fingerprint density at radius 2 is 1.79 bits per heavy atom. The largest absolute Gasteiger partial charge is 0.493 e. The van der Waals surface area contributed by atoms with E-state index in [0.29, 0.717) is 39.5 Å². The highest BCUT2D eigenvalue weighted by atomic mass is 79.9. The van der Waals surface area contributed by atoms with Gasteiger partial charge in [0.2, 0.25) is 5.75 Å². The van der Waals surface area contributed by atoms with Gasteiger partial charge in [0.05, 0.1) is 37.4 Å². The number of nitrogens with zero attached hydrogens (tertiary/aromatic N) is 3. The minimum atomic E-state index is -0.402. The maximum absolute atomic E-state index is 13.3. The van der Waals surface area contributed by atoms with Crippen molar-refractivity contribution in [2.45, 2.75) is 52.6 Å². The first kappa shape index (κ1) is 24.8. The third-order valence-electron chi connectivity index (χ3n) is 5.18. The van der Waals surface area contributed by atoms with E-state index in [4.69, 9.17) is 19.2 Å². The van der Waals surface area contributed by atoms with Crippen LogP contribution in [0.4, 0.5) is 0 Å². The third-order valence-corrected chi connectivity index (χ3v) is 5.67. The molecule has 176 valence electrons. The summed E-state index contributed by atoms with van der Waals surface area (Å²) in [4.78, 5) is 18.1. The molecule has 3 rings (SSSR count). The smallest absolute Gasteiger partial charge is 0.282 e. The maximum Gasteiger partial charge on any atom is 0.282 e. The molecule has 0 saturated heterocycles. The Morgan fingerprint density at radius 1 is 1.15 bits per heavy atom. The van der Waals surface area contributed by atoms with E-state index in [1.165, 1.54) is 4.68 Å². The predicted octanol–water partition coefficient (Wildman–Crippen LogP) is 5.53. The Labute approximate surface area is 202 Å². The third kappa shape index (κ3) is 5.38. The van der Waals surface area contributed by atoms with Crippen molar-refractivity contribution in [2.75, 3.05) is 14.2 Å². The van der Waals surface area contributed by atoms with E-state index in [9.17, 15) is 4.79 Å². The lowest BCUT2D eigenvalue weighted by molar-refractivity contribution is 0.198. The van der Waals surface area contributed by atoms with Crippen molar-refractivity contribution in [3.05, 3.63) is 56.5 Å². The predicted molar refractivity (Wildman–Crippen MR) is 135 cm³/mol. The van der Waals surface area contributed by atoms with E-state index in [1.807, 2.05) is 46.8 Å². The van der Waals surface area contributed by atoms with Crippen LogP contribution in [-0.2, 0) is 5.41 Å². The molecule has 0 aliphatic carbocycles. The van der Waals surface area contributed by atoms with Gasteiger partial charge in [0, 0.05) is 15.5 Å². The summed E-state index contributed by atoms with van der Waals surface area (Å²) in [5, 5.41) is 5.02. The average molecular weight is 516 g/mol. The van der Waals surface area contributed by atoms with Gasteiger partial charge in [-0.1, -0.05) is 43.6 Å². The van der Waals surface area contributed by atoms with Crippen LogP contribution in [0.25, 0.3) is 10.9 Å². The lowest BCUT2D eigenvalue weighted by Crippen LogP contribution is -2.29. The molecular weight excluding hydrogens is 486 g/mol. The van der Waals surface area contributed by atoms with Gasteiger partial charge in [-0.2, -0.15) is 9.78 Å². The van der Waals surface area contributed by atoms with Gasteiger partial charge in [0.25, 0.3) is 5.56 Å². The highest BCUT2D eigenvalue weighted by Crippen LogP contribution is 2.39. The number of hydrogen-bond donors (Lipinski definition) is 0. The first-order valence-electron chi connectivity index (χ1n) is 10.8. The Bertz CT molecular complexity index is 1220. The van der Waals surface area contributed by atoms with Crippen LogP contribution in [0.2, 0.25) is 0 Å².